The molecule has 2 saturated heterocycles. The Balaban J connectivity index is 1.69. The van der Waals surface area contributed by atoms with Crippen LogP contribution in [0.4, 0.5) is 0 Å². The molecule has 14 heteroatoms. The first-order chi connectivity index (χ1) is 36.6. The van der Waals surface area contributed by atoms with Crippen LogP contribution in [0.1, 0.15) is 245 Å². The maximum atomic E-state index is 13.1. The lowest BCUT2D eigenvalue weighted by Gasteiger charge is -2.42. The molecule has 0 aromatic heterocycles. The number of hydrogen-bond donors (Lipinski definition) is 7. The minimum absolute atomic E-state index is 0.0608. The summed E-state index contributed by atoms with van der Waals surface area (Å²) < 4.78 is 34.4. The lowest BCUT2D eigenvalue weighted by Crippen LogP contribution is -2.61. The van der Waals surface area contributed by atoms with E-state index in [1.807, 2.05) is 0 Å². The summed E-state index contributed by atoms with van der Waals surface area (Å²) in [5.41, 5.74) is 0. The Bertz CT molecular complexity index is 1380. The Morgan fingerprint density at radius 1 is 0.440 bits per heavy atom. The number of unbranched alkanes of at least 4 members (excludes halogenated alkanes) is 30. The van der Waals surface area contributed by atoms with E-state index >= 15 is 0 Å². The molecule has 2 fully saturated rings. The molecule has 440 valence electrons. The van der Waals surface area contributed by atoms with E-state index in [1.54, 1.807) is 0 Å². The first-order valence-corrected chi connectivity index (χ1v) is 30.6. The quantitative estimate of drug-likeness (QED) is 0.0172. The van der Waals surface area contributed by atoms with E-state index < -0.39 is 80.7 Å². The molecule has 11 unspecified atom stereocenters. The third kappa shape index (κ3) is 34.7. The smallest absolute Gasteiger partial charge is 0.306 e. The fourth-order valence-corrected chi connectivity index (χ4v) is 9.71. The van der Waals surface area contributed by atoms with Gasteiger partial charge in [0.05, 0.1) is 26.4 Å². The van der Waals surface area contributed by atoms with Gasteiger partial charge in [-0.2, -0.15) is 0 Å². The van der Waals surface area contributed by atoms with Crippen molar-refractivity contribution < 1.29 is 69.0 Å². The van der Waals surface area contributed by atoms with E-state index in [0.29, 0.717) is 13.0 Å². The van der Waals surface area contributed by atoms with Crippen LogP contribution < -0.4 is 0 Å². The molecule has 0 bridgehead atoms. The number of aliphatic hydroxyl groups is 7. The summed E-state index contributed by atoms with van der Waals surface area (Å²) in [4.78, 5) is 13.1. The number of aliphatic hydroxyl groups excluding tert-OH is 7. The van der Waals surface area contributed by atoms with Crippen LogP contribution in [0.15, 0.2) is 36.5 Å². The molecule has 11 atom stereocenters. The minimum Gasteiger partial charge on any atom is -0.457 e. The molecule has 14 nitrogen and oxygen atoms in total. The first-order valence-electron chi connectivity index (χ1n) is 30.6. The lowest BCUT2D eigenvalue weighted by atomic mass is 9.98. The van der Waals surface area contributed by atoms with Gasteiger partial charge in [0.2, 0.25) is 0 Å². The van der Waals surface area contributed by atoms with Crippen LogP contribution in [0, 0.1) is 0 Å². The zero-order chi connectivity index (χ0) is 54.4. The van der Waals surface area contributed by atoms with E-state index in [2.05, 4.69) is 50.3 Å². The first kappa shape index (κ1) is 69.3. The van der Waals surface area contributed by atoms with Gasteiger partial charge in [-0.25, -0.2) is 0 Å². The highest BCUT2D eigenvalue weighted by atomic mass is 16.7. The summed E-state index contributed by atoms with van der Waals surface area (Å²) in [5.74, 6) is -0.374. The molecule has 0 aromatic rings. The number of rotatable bonds is 50. The topological polar surface area (TPSA) is 214 Å². The zero-order valence-corrected chi connectivity index (χ0v) is 47.3. The van der Waals surface area contributed by atoms with Gasteiger partial charge in [0.15, 0.2) is 12.6 Å². The van der Waals surface area contributed by atoms with Crippen molar-refractivity contribution in [2.75, 3.05) is 33.0 Å². The molecule has 0 aliphatic carbocycles. The second kappa shape index (κ2) is 48.1. The molecule has 0 radical (unpaired) electrons. The third-order valence-corrected chi connectivity index (χ3v) is 14.7. The van der Waals surface area contributed by atoms with Crippen molar-refractivity contribution in [3.05, 3.63) is 36.5 Å². The van der Waals surface area contributed by atoms with Gasteiger partial charge in [-0.3, -0.25) is 4.79 Å². The van der Waals surface area contributed by atoms with Crippen LogP contribution in [-0.4, -0.2) is 142 Å². The fraction of sp³-hybridized carbons (Fsp3) is 0.885. The Morgan fingerprint density at radius 2 is 0.827 bits per heavy atom. The molecule has 0 spiro atoms. The Morgan fingerprint density at radius 3 is 1.29 bits per heavy atom. The zero-order valence-electron chi connectivity index (χ0n) is 47.3. The fourth-order valence-electron chi connectivity index (χ4n) is 9.71. The van der Waals surface area contributed by atoms with Crippen LogP contribution in [-0.2, 0) is 33.2 Å². The molecular formula is C61H112O14. The number of carbonyl (C=O) groups excluding carboxylic acids is 1. The van der Waals surface area contributed by atoms with Crippen molar-refractivity contribution in [1.82, 2.24) is 0 Å². The molecule has 0 saturated carbocycles. The standard InChI is InChI=1S/C61H112O14/c1-3-5-7-9-11-13-15-17-19-21-22-23-24-25-26-27-29-31-33-35-37-39-41-43-45-70-47-50(73-53(63)44-42-40-38-36-34-32-30-28-20-18-16-14-12-10-8-6-4-2)48-71-60-59(69)57(67)55(65)52(75-60)49-72-61-58(68)56(66)54(64)51(46-62)74-61/h15,17,21-22,24-25,50-52,54-62,64-69H,3-14,16,18-20,23,26-49H2,1-2H3/b17-15-,22-21-,25-24-. The van der Waals surface area contributed by atoms with Crippen molar-refractivity contribution >= 4 is 5.97 Å². The molecule has 2 heterocycles. The number of ether oxygens (including phenoxy) is 6. The SMILES string of the molecule is CCCCCCC/C=C\C/C=C\C/C=C\CCCCCCCCCCCOCC(COC1OC(COC2OC(CO)C(O)C(O)C2O)C(O)C(O)C1O)OC(=O)CCCCCCCCCCCCCCCCCCC. The predicted octanol–water partition coefficient (Wildman–Crippen LogP) is 11.3. The van der Waals surface area contributed by atoms with Crippen molar-refractivity contribution in [3.8, 4) is 0 Å². The highest BCUT2D eigenvalue weighted by Crippen LogP contribution is 2.27. The molecular weight excluding hydrogens is 957 g/mol. The van der Waals surface area contributed by atoms with Gasteiger partial charge in [0.25, 0.3) is 0 Å². The van der Waals surface area contributed by atoms with Gasteiger partial charge >= 0.3 is 5.97 Å². The maximum absolute atomic E-state index is 13.1. The molecule has 7 N–H and O–H groups in total. The van der Waals surface area contributed by atoms with Crippen molar-refractivity contribution in [2.45, 2.75) is 313 Å². The summed E-state index contributed by atoms with van der Waals surface area (Å²) >= 11 is 0. The van der Waals surface area contributed by atoms with Crippen LogP contribution in [0.25, 0.3) is 0 Å². The van der Waals surface area contributed by atoms with Gasteiger partial charge in [-0.05, 0) is 51.4 Å². The maximum Gasteiger partial charge on any atom is 0.306 e. The third-order valence-electron chi connectivity index (χ3n) is 14.7. The second-order valence-electron chi connectivity index (χ2n) is 21.5. The van der Waals surface area contributed by atoms with Gasteiger partial charge in [-0.1, -0.05) is 224 Å². The average Bonchev–Trinajstić information content (AvgIpc) is 3.41. The van der Waals surface area contributed by atoms with Crippen molar-refractivity contribution in [1.29, 1.82) is 0 Å². The van der Waals surface area contributed by atoms with E-state index in [9.17, 15) is 40.5 Å². The largest absolute Gasteiger partial charge is 0.457 e. The Hall–Kier alpha value is -1.79. The summed E-state index contributed by atoms with van der Waals surface area (Å²) in [7, 11) is 0. The second-order valence-corrected chi connectivity index (χ2v) is 21.5. The van der Waals surface area contributed by atoms with Gasteiger partial charge in [0.1, 0.15) is 54.9 Å². The van der Waals surface area contributed by atoms with Gasteiger partial charge in [-0.15, -0.1) is 0 Å². The minimum atomic E-state index is -1.71. The Kier molecular flexibility index (Phi) is 44.5. The number of esters is 1. The average molecular weight is 1070 g/mol. The van der Waals surface area contributed by atoms with Crippen LogP contribution >= 0.6 is 0 Å². The van der Waals surface area contributed by atoms with Gasteiger partial charge < -0.3 is 64.2 Å². The molecule has 0 amide bonds. The number of hydrogen-bond acceptors (Lipinski definition) is 14. The summed E-state index contributed by atoms with van der Waals surface area (Å²) in [5, 5.41) is 72.4. The molecule has 75 heavy (non-hydrogen) atoms. The number of allylic oxidation sites excluding steroid dienone is 6. The molecule has 2 aliphatic rings. The van der Waals surface area contributed by atoms with Crippen LogP contribution in [0.3, 0.4) is 0 Å². The molecule has 0 aromatic carbocycles. The van der Waals surface area contributed by atoms with E-state index in [1.165, 1.54) is 161 Å². The van der Waals surface area contributed by atoms with E-state index in [0.717, 1.165) is 57.8 Å². The summed E-state index contributed by atoms with van der Waals surface area (Å²) in [6.07, 6.45) is 40.6. The van der Waals surface area contributed by atoms with Gasteiger partial charge in [0, 0.05) is 13.0 Å². The predicted molar refractivity (Wildman–Crippen MR) is 298 cm³/mol. The van der Waals surface area contributed by atoms with E-state index in [-0.39, 0.29) is 25.6 Å². The number of carbonyl (C=O) groups is 1. The highest BCUT2D eigenvalue weighted by molar-refractivity contribution is 5.69. The summed E-state index contributed by atoms with van der Waals surface area (Å²) in [6.45, 7) is 3.71. The monoisotopic (exact) mass is 1070 g/mol. The molecule has 2 rings (SSSR count). The van der Waals surface area contributed by atoms with Crippen LogP contribution in [0.5, 0.6) is 0 Å². The van der Waals surface area contributed by atoms with Crippen molar-refractivity contribution in [2.24, 2.45) is 0 Å². The normalized spacial score (nSPS) is 24.8. The Labute approximate surface area is 455 Å². The summed E-state index contributed by atoms with van der Waals surface area (Å²) in [6, 6.07) is 0. The molecule has 2 aliphatic heterocycles. The lowest BCUT2D eigenvalue weighted by molar-refractivity contribution is -0.332. The van der Waals surface area contributed by atoms with E-state index in [4.69, 9.17) is 28.4 Å². The van der Waals surface area contributed by atoms with Crippen LogP contribution in [0.2, 0.25) is 0 Å². The highest BCUT2D eigenvalue weighted by Gasteiger charge is 2.47. The van der Waals surface area contributed by atoms with Crippen molar-refractivity contribution in [3.63, 3.8) is 0 Å².